The number of hydrogen-bond donors (Lipinski definition) is 0. The third-order valence-electron chi connectivity index (χ3n) is 4.40. The van der Waals surface area contributed by atoms with Crippen molar-refractivity contribution in [3.63, 3.8) is 0 Å². The van der Waals surface area contributed by atoms with E-state index in [2.05, 4.69) is 4.98 Å². The van der Waals surface area contributed by atoms with Crippen LogP contribution < -0.4 is 4.90 Å². The lowest BCUT2D eigenvalue weighted by molar-refractivity contribution is -0.121. The number of anilines is 1. The van der Waals surface area contributed by atoms with Crippen molar-refractivity contribution in [1.82, 2.24) is 4.98 Å². The van der Waals surface area contributed by atoms with Crippen molar-refractivity contribution in [2.24, 2.45) is 0 Å². The zero-order chi connectivity index (χ0) is 20.8. The number of rotatable bonds is 6. The summed E-state index contributed by atoms with van der Waals surface area (Å²) < 4.78 is 5.21. The third-order valence-corrected chi connectivity index (χ3v) is 4.40. The van der Waals surface area contributed by atoms with Gasteiger partial charge in [-0.05, 0) is 49.2 Å². The molecule has 6 heteroatoms. The van der Waals surface area contributed by atoms with Gasteiger partial charge in [0.05, 0.1) is 18.0 Å². The fraction of sp³-hybridized carbons (Fsp3) is 0.217. The second-order valence-electron chi connectivity index (χ2n) is 6.76. The van der Waals surface area contributed by atoms with Crippen LogP contribution in [0.1, 0.15) is 28.0 Å². The molecule has 3 aromatic rings. The number of aryl methyl sites for hydroxylation is 2. The van der Waals surface area contributed by atoms with Gasteiger partial charge >= 0.3 is 5.97 Å². The van der Waals surface area contributed by atoms with E-state index in [1.165, 1.54) is 4.90 Å². The highest BCUT2D eigenvalue weighted by atomic mass is 16.5. The van der Waals surface area contributed by atoms with Crippen molar-refractivity contribution in [3.05, 3.63) is 71.4 Å². The number of ether oxygens (including phenoxy) is 1. The Kier molecular flexibility index (Phi) is 6.20. The van der Waals surface area contributed by atoms with Crippen molar-refractivity contribution >= 4 is 28.5 Å². The molecule has 1 heterocycles. The van der Waals surface area contributed by atoms with Crippen molar-refractivity contribution < 1.29 is 14.3 Å². The van der Waals surface area contributed by atoms with Crippen molar-refractivity contribution in [2.45, 2.75) is 20.3 Å². The lowest BCUT2D eigenvalue weighted by atomic mass is 10.1. The smallest absolute Gasteiger partial charge is 0.357 e. The Morgan fingerprint density at radius 1 is 1.07 bits per heavy atom. The van der Waals surface area contributed by atoms with Crippen LogP contribution in [0.3, 0.4) is 0 Å². The van der Waals surface area contributed by atoms with Gasteiger partial charge in [0.25, 0.3) is 5.91 Å². The topological polar surface area (TPSA) is 83.3 Å². The number of carbonyl (C=O) groups excluding carboxylic acids is 2. The summed E-state index contributed by atoms with van der Waals surface area (Å²) in [5, 5.41) is 9.84. The van der Waals surface area contributed by atoms with Gasteiger partial charge in [0.2, 0.25) is 0 Å². The van der Waals surface area contributed by atoms with E-state index in [1.807, 2.05) is 56.3 Å². The monoisotopic (exact) mass is 387 g/mol. The molecule has 0 saturated heterocycles. The Hall–Kier alpha value is -3.72. The van der Waals surface area contributed by atoms with Crippen LogP contribution in [0.15, 0.2) is 54.6 Å². The van der Waals surface area contributed by atoms with E-state index in [0.717, 1.165) is 16.5 Å². The molecule has 0 saturated carbocycles. The minimum absolute atomic E-state index is 0.145. The number of carbonyl (C=O) groups is 2. The summed E-state index contributed by atoms with van der Waals surface area (Å²) in [6.45, 7) is 3.68. The molecule has 6 nitrogen and oxygen atoms in total. The fourth-order valence-corrected chi connectivity index (χ4v) is 3.12. The predicted molar refractivity (Wildman–Crippen MR) is 111 cm³/mol. The first kappa shape index (κ1) is 20.0. The molecule has 0 aliphatic heterocycles. The quantitative estimate of drug-likeness (QED) is 0.598. The summed E-state index contributed by atoms with van der Waals surface area (Å²) in [7, 11) is 0. The fourth-order valence-electron chi connectivity index (χ4n) is 3.12. The standard InChI is InChI=1S/C23H21N3O3/c1-16-12-17(2)14-19(13-16)26(11-5-10-24)22(27)15-29-23(28)21-9-8-18-6-3-4-7-20(18)25-21/h3-4,6-9,12-14H,5,11,15H2,1-2H3. The Morgan fingerprint density at radius 3 is 2.52 bits per heavy atom. The summed E-state index contributed by atoms with van der Waals surface area (Å²) >= 11 is 0. The number of nitrogens with zero attached hydrogens (tertiary/aromatic N) is 3. The van der Waals surface area contributed by atoms with Gasteiger partial charge in [-0.2, -0.15) is 5.26 Å². The first-order valence-electron chi connectivity index (χ1n) is 9.26. The van der Waals surface area contributed by atoms with Crippen LogP contribution in [-0.4, -0.2) is 30.0 Å². The van der Waals surface area contributed by atoms with Gasteiger partial charge in [0, 0.05) is 17.6 Å². The number of para-hydroxylation sites is 1. The largest absolute Gasteiger partial charge is 0.451 e. The summed E-state index contributed by atoms with van der Waals surface area (Å²) in [4.78, 5) is 30.9. The molecule has 2 aromatic carbocycles. The van der Waals surface area contributed by atoms with E-state index in [9.17, 15) is 9.59 Å². The van der Waals surface area contributed by atoms with Gasteiger partial charge in [-0.1, -0.05) is 30.3 Å². The maximum absolute atomic E-state index is 12.7. The van der Waals surface area contributed by atoms with Gasteiger partial charge < -0.3 is 9.64 Å². The molecular weight excluding hydrogens is 366 g/mol. The molecule has 0 spiro atoms. The molecule has 3 rings (SSSR count). The van der Waals surface area contributed by atoms with E-state index in [0.29, 0.717) is 11.2 Å². The van der Waals surface area contributed by atoms with Gasteiger partial charge in [-0.15, -0.1) is 0 Å². The molecule has 29 heavy (non-hydrogen) atoms. The van der Waals surface area contributed by atoms with Crippen LogP contribution in [0, 0.1) is 25.2 Å². The normalized spacial score (nSPS) is 10.4. The molecule has 1 amide bonds. The SMILES string of the molecule is Cc1cc(C)cc(N(CCC#N)C(=O)COC(=O)c2ccc3ccccc3n2)c1. The Balaban J connectivity index is 1.73. The maximum Gasteiger partial charge on any atom is 0.357 e. The van der Waals surface area contributed by atoms with Gasteiger partial charge in [0.1, 0.15) is 5.69 Å². The highest BCUT2D eigenvalue weighted by Crippen LogP contribution is 2.20. The van der Waals surface area contributed by atoms with Crippen LogP contribution in [0.4, 0.5) is 5.69 Å². The number of amides is 1. The molecule has 0 radical (unpaired) electrons. The predicted octanol–water partition coefficient (Wildman–Crippen LogP) is 3.96. The maximum atomic E-state index is 12.7. The zero-order valence-corrected chi connectivity index (χ0v) is 16.4. The Morgan fingerprint density at radius 2 is 1.79 bits per heavy atom. The van der Waals surface area contributed by atoms with Crippen LogP contribution in [0.25, 0.3) is 10.9 Å². The second-order valence-corrected chi connectivity index (χ2v) is 6.76. The van der Waals surface area contributed by atoms with E-state index in [-0.39, 0.29) is 24.6 Å². The molecule has 0 atom stereocenters. The lowest BCUT2D eigenvalue weighted by Gasteiger charge is -2.22. The number of benzene rings is 2. The number of aromatic nitrogens is 1. The molecule has 0 unspecified atom stereocenters. The average molecular weight is 387 g/mol. The summed E-state index contributed by atoms with van der Waals surface area (Å²) in [6, 6.07) is 18.6. The zero-order valence-electron chi connectivity index (χ0n) is 16.4. The molecular formula is C23H21N3O3. The molecule has 0 bridgehead atoms. The van der Waals surface area contributed by atoms with Crippen molar-refractivity contribution in [2.75, 3.05) is 18.1 Å². The number of hydrogen-bond acceptors (Lipinski definition) is 5. The number of nitriles is 1. The molecule has 0 N–H and O–H groups in total. The number of fused-ring (bicyclic) bond motifs is 1. The molecule has 0 fully saturated rings. The van der Waals surface area contributed by atoms with E-state index in [4.69, 9.17) is 10.00 Å². The van der Waals surface area contributed by atoms with Crippen molar-refractivity contribution in [3.8, 4) is 6.07 Å². The van der Waals surface area contributed by atoms with Crippen LogP contribution in [-0.2, 0) is 9.53 Å². The average Bonchev–Trinajstić information content (AvgIpc) is 2.71. The van der Waals surface area contributed by atoms with Gasteiger partial charge in [-0.25, -0.2) is 9.78 Å². The third kappa shape index (κ3) is 4.96. The number of pyridine rings is 1. The molecule has 146 valence electrons. The van der Waals surface area contributed by atoms with E-state index < -0.39 is 12.6 Å². The first-order valence-corrected chi connectivity index (χ1v) is 9.26. The van der Waals surface area contributed by atoms with Crippen LogP contribution in [0.5, 0.6) is 0 Å². The highest BCUT2D eigenvalue weighted by molar-refractivity contribution is 5.97. The minimum atomic E-state index is -0.662. The summed E-state index contributed by atoms with van der Waals surface area (Å²) in [6.07, 6.45) is 0.179. The van der Waals surface area contributed by atoms with Crippen LogP contribution >= 0.6 is 0 Å². The Bertz CT molecular complexity index is 1080. The lowest BCUT2D eigenvalue weighted by Crippen LogP contribution is -2.35. The number of esters is 1. The summed E-state index contributed by atoms with van der Waals surface area (Å²) in [5.41, 5.74) is 3.52. The second kappa shape index (κ2) is 8.98. The Labute approximate surface area is 169 Å². The van der Waals surface area contributed by atoms with E-state index >= 15 is 0 Å². The first-order chi connectivity index (χ1) is 14.0. The minimum Gasteiger partial charge on any atom is -0.451 e. The van der Waals surface area contributed by atoms with Crippen LogP contribution in [0.2, 0.25) is 0 Å². The van der Waals surface area contributed by atoms with Crippen molar-refractivity contribution in [1.29, 1.82) is 5.26 Å². The van der Waals surface area contributed by atoms with Gasteiger partial charge in [0.15, 0.2) is 6.61 Å². The highest BCUT2D eigenvalue weighted by Gasteiger charge is 2.19. The molecule has 1 aromatic heterocycles. The summed E-state index contributed by atoms with van der Waals surface area (Å²) in [5.74, 6) is -1.05. The van der Waals surface area contributed by atoms with Gasteiger partial charge in [-0.3, -0.25) is 4.79 Å². The molecule has 0 aliphatic rings. The van der Waals surface area contributed by atoms with E-state index in [1.54, 1.807) is 18.2 Å². The molecule has 0 aliphatic carbocycles.